The molecular weight excluding hydrogens is 176 g/mol. The van der Waals surface area contributed by atoms with Crippen LogP contribution < -0.4 is 5.73 Å². The van der Waals surface area contributed by atoms with Crippen LogP contribution in [0.2, 0.25) is 0 Å². The zero-order chi connectivity index (χ0) is 10.0. The Hall–Kier alpha value is -0.380. The highest BCUT2D eigenvalue weighted by Crippen LogP contribution is 2.33. The zero-order valence-electron chi connectivity index (χ0n) is 8.96. The van der Waals surface area contributed by atoms with Gasteiger partial charge < -0.3 is 10.5 Å². The van der Waals surface area contributed by atoms with Crippen molar-refractivity contribution in [1.82, 2.24) is 4.90 Å². The lowest BCUT2D eigenvalue weighted by Crippen LogP contribution is -2.41. The maximum Gasteiger partial charge on any atom is 0.0673 e. The molecule has 0 radical (unpaired) electrons. The van der Waals surface area contributed by atoms with Gasteiger partial charge in [0, 0.05) is 32.3 Å². The standard InChI is InChI=1S/C11H20N2O/c1-14-8-10-2-6-13(7-3-10)9-11(12)4-5-11/h2H,3-9,12H2,1H3. The number of hydrogen-bond donors (Lipinski definition) is 1. The van der Waals surface area contributed by atoms with Crippen LogP contribution in [-0.2, 0) is 4.74 Å². The molecule has 0 aromatic heterocycles. The van der Waals surface area contributed by atoms with Crippen molar-refractivity contribution in [3.8, 4) is 0 Å². The lowest BCUT2D eigenvalue weighted by Gasteiger charge is -2.28. The molecule has 2 rings (SSSR count). The summed E-state index contributed by atoms with van der Waals surface area (Å²) >= 11 is 0. The van der Waals surface area contributed by atoms with Crippen LogP contribution in [0.3, 0.4) is 0 Å². The van der Waals surface area contributed by atoms with Gasteiger partial charge in [-0.15, -0.1) is 0 Å². The Labute approximate surface area is 85.9 Å². The molecule has 80 valence electrons. The molecule has 1 aliphatic carbocycles. The van der Waals surface area contributed by atoms with E-state index in [0.29, 0.717) is 0 Å². The van der Waals surface area contributed by atoms with Gasteiger partial charge in [-0.3, -0.25) is 4.90 Å². The van der Waals surface area contributed by atoms with Gasteiger partial charge in [-0.05, 0) is 24.8 Å². The van der Waals surface area contributed by atoms with Crippen molar-refractivity contribution in [2.24, 2.45) is 5.73 Å². The maximum atomic E-state index is 6.08. The Morgan fingerprint density at radius 2 is 2.36 bits per heavy atom. The largest absolute Gasteiger partial charge is 0.380 e. The lowest BCUT2D eigenvalue weighted by molar-refractivity contribution is 0.208. The van der Waals surface area contributed by atoms with Crippen molar-refractivity contribution in [3.05, 3.63) is 11.6 Å². The van der Waals surface area contributed by atoms with E-state index in [1.807, 2.05) is 0 Å². The molecule has 0 atom stereocenters. The highest BCUT2D eigenvalue weighted by Gasteiger charge is 2.39. The summed E-state index contributed by atoms with van der Waals surface area (Å²) < 4.78 is 5.12. The molecule has 2 aliphatic rings. The van der Waals surface area contributed by atoms with E-state index in [9.17, 15) is 0 Å². The topological polar surface area (TPSA) is 38.5 Å². The van der Waals surface area contributed by atoms with Crippen molar-refractivity contribution in [2.75, 3.05) is 33.4 Å². The van der Waals surface area contributed by atoms with E-state index < -0.39 is 0 Å². The lowest BCUT2D eigenvalue weighted by atomic mass is 10.1. The Kier molecular flexibility index (Phi) is 2.91. The van der Waals surface area contributed by atoms with Crippen molar-refractivity contribution in [2.45, 2.75) is 24.8 Å². The fourth-order valence-electron chi connectivity index (χ4n) is 1.98. The fourth-order valence-corrected chi connectivity index (χ4v) is 1.98. The Morgan fingerprint density at radius 1 is 1.57 bits per heavy atom. The van der Waals surface area contributed by atoms with Gasteiger partial charge in [0.1, 0.15) is 0 Å². The normalized spacial score (nSPS) is 26.0. The van der Waals surface area contributed by atoms with Crippen molar-refractivity contribution in [1.29, 1.82) is 0 Å². The number of nitrogens with two attached hydrogens (primary N) is 1. The van der Waals surface area contributed by atoms with Gasteiger partial charge in [0.15, 0.2) is 0 Å². The second kappa shape index (κ2) is 4.01. The summed E-state index contributed by atoms with van der Waals surface area (Å²) in [6.45, 7) is 4.07. The van der Waals surface area contributed by atoms with Crippen LogP contribution >= 0.6 is 0 Å². The number of methoxy groups -OCH3 is 1. The van der Waals surface area contributed by atoms with E-state index in [1.54, 1.807) is 7.11 Å². The van der Waals surface area contributed by atoms with Gasteiger partial charge in [-0.25, -0.2) is 0 Å². The molecule has 1 heterocycles. The summed E-state index contributed by atoms with van der Waals surface area (Å²) in [6, 6.07) is 0. The van der Waals surface area contributed by atoms with Gasteiger partial charge >= 0.3 is 0 Å². The molecule has 1 aliphatic heterocycles. The van der Waals surface area contributed by atoms with Crippen LogP contribution in [0, 0.1) is 0 Å². The van der Waals surface area contributed by atoms with Crippen LogP contribution in [0.25, 0.3) is 0 Å². The van der Waals surface area contributed by atoms with Crippen LogP contribution in [0.4, 0.5) is 0 Å². The van der Waals surface area contributed by atoms with Gasteiger partial charge in [0.25, 0.3) is 0 Å². The quantitative estimate of drug-likeness (QED) is 0.675. The minimum Gasteiger partial charge on any atom is -0.380 e. The van der Waals surface area contributed by atoms with Crippen molar-refractivity contribution in [3.63, 3.8) is 0 Å². The molecule has 0 aromatic carbocycles. The van der Waals surface area contributed by atoms with E-state index in [0.717, 1.165) is 32.7 Å². The predicted molar refractivity (Wildman–Crippen MR) is 57.2 cm³/mol. The molecule has 0 amide bonds. The first-order chi connectivity index (χ1) is 6.72. The van der Waals surface area contributed by atoms with Gasteiger partial charge in [0.05, 0.1) is 6.61 Å². The molecule has 1 fully saturated rings. The van der Waals surface area contributed by atoms with Gasteiger partial charge in [0.2, 0.25) is 0 Å². The first-order valence-corrected chi connectivity index (χ1v) is 5.40. The summed E-state index contributed by atoms with van der Waals surface area (Å²) in [7, 11) is 1.76. The molecule has 0 saturated heterocycles. The first-order valence-electron chi connectivity index (χ1n) is 5.40. The molecule has 2 N–H and O–H groups in total. The van der Waals surface area contributed by atoms with Crippen LogP contribution in [0.5, 0.6) is 0 Å². The third kappa shape index (κ3) is 2.56. The summed E-state index contributed by atoms with van der Waals surface area (Å²) in [6.07, 6.45) is 5.85. The Bertz CT molecular complexity index is 233. The van der Waals surface area contributed by atoms with Crippen molar-refractivity contribution < 1.29 is 4.74 Å². The van der Waals surface area contributed by atoms with Crippen molar-refractivity contribution >= 4 is 0 Å². The number of hydrogen-bond acceptors (Lipinski definition) is 3. The average molecular weight is 196 g/mol. The molecule has 3 heteroatoms. The molecule has 0 spiro atoms. The van der Waals surface area contributed by atoms with E-state index in [4.69, 9.17) is 10.5 Å². The predicted octanol–water partition coefficient (Wildman–Crippen LogP) is 0.756. The fraction of sp³-hybridized carbons (Fsp3) is 0.818. The summed E-state index contributed by atoms with van der Waals surface area (Å²) in [5.41, 5.74) is 7.68. The smallest absolute Gasteiger partial charge is 0.0673 e. The molecule has 0 bridgehead atoms. The summed E-state index contributed by atoms with van der Waals surface area (Å²) in [5.74, 6) is 0. The number of nitrogens with zero attached hydrogens (tertiary/aromatic N) is 1. The monoisotopic (exact) mass is 196 g/mol. The minimum absolute atomic E-state index is 0.159. The molecule has 0 unspecified atom stereocenters. The number of ether oxygens (including phenoxy) is 1. The van der Waals surface area contributed by atoms with E-state index >= 15 is 0 Å². The Balaban J connectivity index is 1.77. The molecule has 0 aromatic rings. The minimum atomic E-state index is 0.159. The third-order valence-corrected chi connectivity index (χ3v) is 3.15. The summed E-state index contributed by atoms with van der Waals surface area (Å²) in [4.78, 5) is 2.45. The van der Waals surface area contributed by atoms with Crippen LogP contribution in [0.1, 0.15) is 19.3 Å². The van der Waals surface area contributed by atoms with Crippen LogP contribution in [-0.4, -0.2) is 43.8 Å². The maximum absolute atomic E-state index is 6.08. The molecule has 1 saturated carbocycles. The highest BCUT2D eigenvalue weighted by atomic mass is 16.5. The zero-order valence-corrected chi connectivity index (χ0v) is 8.96. The van der Waals surface area contributed by atoms with E-state index in [2.05, 4.69) is 11.0 Å². The van der Waals surface area contributed by atoms with Crippen LogP contribution in [0.15, 0.2) is 11.6 Å². The van der Waals surface area contributed by atoms with Gasteiger partial charge in [-0.1, -0.05) is 6.08 Å². The number of rotatable bonds is 4. The third-order valence-electron chi connectivity index (χ3n) is 3.15. The first kappa shape index (κ1) is 10.1. The summed E-state index contributed by atoms with van der Waals surface area (Å²) in [5, 5.41) is 0. The molecular formula is C11H20N2O. The Morgan fingerprint density at radius 3 is 2.86 bits per heavy atom. The van der Waals surface area contributed by atoms with Gasteiger partial charge in [-0.2, -0.15) is 0 Å². The SMILES string of the molecule is COCC1=CCN(CC2(N)CC2)CC1. The second-order valence-corrected chi connectivity index (χ2v) is 4.64. The average Bonchev–Trinajstić information content (AvgIpc) is 2.88. The van der Waals surface area contributed by atoms with E-state index in [1.165, 1.54) is 18.4 Å². The molecule has 14 heavy (non-hydrogen) atoms. The highest BCUT2D eigenvalue weighted by molar-refractivity contribution is 5.10. The van der Waals surface area contributed by atoms with E-state index in [-0.39, 0.29) is 5.54 Å². The molecule has 3 nitrogen and oxygen atoms in total. The second-order valence-electron chi connectivity index (χ2n) is 4.64.